The van der Waals surface area contributed by atoms with E-state index < -0.39 is 10.0 Å². The molecule has 28 heavy (non-hydrogen) atoms. The number of hydrogen-bond acceptors (Lipinski definition) is 6. The summed E-state index contributed by atoms with van der Waals surface area (Å²) in [5.74, 6) is 0.867. The van der Waals surface area contributed by atoms with Crippen molar-refractivity contribution in [1.82, 2.24) is 4.98 Å². The number of rotatable bonds is 5. The van der Waals surface area contributed by atoms with Gasteiger partial charge in [0.05, 0.1) is 30.0 Å². The van der Waals surface area contributed by atoms with Crippen LogP contribution in [0.5, 0.6) is 0 Å². The number of anilines is 3. The van der Waals surface area contributed by atoms with Gasteiger partial charge in [-0.25, -0.2) is 13.4 Å². The third-order valence-electron chi connectivity index (χ3n) is 4.87. The molecular formula is C19H22N4O4S. The van der Waals surface area contributed by atoms with Crippen molar-refractivity contribution in [3.8, 4) is 0 Å². The lowest BCUT2D eigenvalue weighted by atomic mass is 10.3. The van der Waals surface area contributed by atoms with Crippen molar-refractivity contribution in [3.05, 3.63) is 42.6 Å². The number of aromatic nitrogens is 1. The van der Waals surface area contributed by atoms with Crippen molar-refractivity contribution in [3.63, 3.8) is 0 Å². The van der Waals surface area contributed by atoms with Crippen LogP contribution in [0.2, 0.25) is 0 Å². The molecule has 148 valence electrons. The van der Waals surface area contributed by atoms with Crippen LogP contribution in [0.4, 0.5) is 17.2 Å². The molecule has 1 aromatic heterocycles. The molecule has 0 bridgehead atoms. The fourth-order valence-corrected chi connectivity index (χ4v) is 4.41. The highest BCUT2D eigenvalue weighted by atomic mass is 32.2. The van der Waals surface area contributed by atoms with Crippen molar-refractivity contribution >= 4 is 33.1 Å². The predicted octanol–water partition coefficient (Wildman–Crippen LogP) is 1.85. The van der Waals surface area contributed by atoms with Gasteiger partial charge in [-0.2, -0.15) is 0 Å². The summed E-state index contributed by atoms with van der Waals surface area (Å²) >= 11 is 0. The Kier molecular flexibility index (Phi) is 5.19. The molecule has 0 radical (unpaired) electrons. The van der Waals surface area contributed by atoms with Crippen LogP contribution in [0.25, 0.3) is 0 Å². The molecule has 0 aliphatic carbocycles. The third kappa shape index (κ3) is 3.95. The van der Waals surface area contributed by atoms with Gasteiger partial charge in [-0.3, -0.25) is 9.52 Å². The summed E-state index contributed by atoms with van der Waals surface area (Å²) in [5, 5.41) is 0. The van der Waals surface area contributed by atoms with Crippen molar-refractivity contribution in [2.45, 2.75) is 17.7 Å². The molecule has 1 amide bonds. The highest BCUT2D eigenvalue weighted by molar-refractivity contribution is 7.92. The van der Waals surface area contributed by atoms with E-state index >= 15 is 0 Å². The van der Waals surface area contributed by atoms with Crippen LogP contribution in [0.15, 0.2) is 47.5 Å². The molecule has 3 heterocycles. The van der Waals surface area contributed by atoms with E-state index in [4.69, 9.17) is 4.74 Å². The molecule has 2 saturated heterocycles. The lowest BCUT2D eigenvalue weighted by molar-refractivity contribution is -0.117. The van der Waals surface area contributed by atoms with E-state index in [9.17, 15) is 13.2 Å². The number of pyridine rings is 1. The molecule has 9 heteroatoms. The minimum absolute atomic E-state index is 0.0696. The lowest BCUT2D eigenvalue weighted by Gasteiger charge is -2.27. The maximum atomic E-state index is 12.6. The number of hydrogen-bond donors (Lipinski definition) is 1. The van der Waals surface area contributed by atoms with Crippen LogP contribution in [-0.4, -0.2) is 52.2 Å². The van der Waals surface area contributed by atoms with E-state index in [-0.39, 0.29) is 10.8 Å². The second kappa shape index (κ2) is 7.76. The zero-order chi connectivity index (χ0) is 19.6. The SMILES string of the molecule is O=C1CCCN1c1ccc(S(=O)(=O)Nc2ccc(N3CCOCC3)nc2)cc1. The van der Waals surface area contributed by atoms with Crippen LogP contribution in [0.1, 0.15) is 12.8 Å². The normalized spacial score (nSPS) is 17.8. The van der Waals surface area contributed by atoms with Gasteiger partial charge in [-0.15, -0.1) is 0 Å². The van der Waals surface area contributed by atoms with Crippen molar-refractivity contribution in [2.24, 2.45) is 0 Å². The average Bonchev–Trinajstić information content (AvgIpc) is 3.15. The second-order valence-electron chi connectivity index (χ2n) is 6.75. The van der Waals surface area contributed by atoms with E-state index in [2.05, 4.69) is 14.6 Å². The lowest BCUT2D eigenvalue weighted by Crippen LogP contribution is -2.36. The Morgan fingerprint density at radius 2 is 1.75 bits per heavy atom. The van der Waals surface area contributed by atoms with E-state index in [1.54, 1.807) is 29.2 Å². The van der Waals surface area contributed by atoms with Crippen LogP contribution in [0, 0.1) is 0 Å². The molecule has 8 nitrogen and oxygen atoms in total. The molecule has 2 aliphatic heterocycles. The third-order valence-corrected chi connectivity index (χ3v) is 6.26. The maximum absolute atomic E-state index is 12.6. The Morgan fingerprint density at radius 3 is 2.36 bits per heavy atom. The summed E-state index contributed by atoms with van der Waals surface area (Å²) in [7, 11) is -3.73. The topological polar surface area (TPSA) is 91.8 Å². The monoisotopic (exact) mass is 402 g/mol. The molecule has 4 rings (SSSR count). The summed E-state index contributed by atoms with van der Waals surface area (Å²) in [6.07, 6.45) is 2.88. The van der Waals surface area contributed by atoms with Crippen LogP contribution in [-0.2, 0) is 19.6 Å². The highest BCUT2D eigenvalue weighted by Crippen LogP contribution is 2.24. The number of sulfonamides is 1. The molecule has 0 saturated carbocycles. The van der Waals surface area contributed by atoms with Gasteiger partial charge in [-0.05, 0) is 42.8 Å². The quantitative estimate of drug-likeness (QED) is 0.821. The number of morpholine rings is 1. The summed E-state index contributed by atoms with van der Waals surface area (Å²) in [6.45, 7) is 3.53. The summed E-state index contributed by atoms with van der Waals surface area (Å²) in [5.41, 5.74) is 1.12. The first-order chi connectivity index (χ1) is 13.5. The molecule has 2 fully saturated rings. The van der Waals surface area contributed by atoms with Gasteiger partial charge in [-0.1, -0.05) is 0 Å². The average molecular weight is 402 g/mol. The highest BCUT2D eigenvalue weighted by Gasteiger charge is 2.22. The summed E-state index contributed by atoms with van der Waals surface area (Å²) in [6, 6.07) is 9.85. The van der Waals surface area contributed by atoms with Gasteiger partial charge >= 0.3 is 0 Å². The smallest absolute Gasteiger partial charge is 0.261 e. The van der Waals surface area contributed by atoms with Gasteiger partial charge in [0.2, 0.25) is 5.91 Å². The van der Waals surface area contributed by atoms with Gasteiger partial charge < -0.3 is 14.5 Å². The zero-order valence-corrected chi connectivity index (χ0v) is 16.2. The molecule has 2 aromatic rings. The molecule has 0 atom stereocenters. The van der Waals surface area contributed by atoms with Gasteiger partial charge in [0, 0.05) is 31.7 Å². The fourth-order valence-electron chi connectivity index (χ4n) is 3.37. The largest absolute Gasteiger partial charge is 0.378 e. The summed E-state index contributed by atoms with van der Waals surface area (Å²) in [4.78, 5) is 20.1. The van der Waals surface area contributed by atoms with Crippen molar-refractivity contribution < 1.29 is 17.9 Å². The molecular weight excluding hydrogens is 380 g/mol. The number of benzene rings is 1. The standard InChI is InChI=1S/C19H22N4O4S/c24-19-2-1-9-23(19)16-4-6-17(7-5-16)28(25,26)21-15-3-8-18(20-14-15)22-10-12-27-13-11-22/h3-8,14,21H,1-2,9-13H2. The molecule has 1 N–H and O–H groups in total. The second-order valence-corrected chi connectivity index (χ2v) is 8.44. The fraction of sp³-hybridized carbons (Fsp3) is 0.368. The van der Waals surface area contributed by atoms with Crippen LogP contribution >= 0.6 is 0 Å². The first-order valence-electron chi connectivity index (χ1n) is 9.25. The maximum Gasteiger partial charge on any atom is 0.261 e. The van der Waals surface area contributed by atoms with Crippen LogP contribution < -0.4 is 14.5 Å². The molecule has 0 unspecified atom stereocenters. The molecule has 1 aromatic carbocycles. The summed E-state index contributed by atoms with van der Waals surface area (Å²) < 4.78 is 33.1. The molecule has 2 aliphatic rings. The Morgan fingerprint density at radius 1 is 1.00 bits per heavy atom. The van der Waals surface area contributed by atoms with E-state index in [1.165, 1.54) is 18.3 Å². The van der Waals surface area contributed by atoms with Crippen molar-refractivity contribution in [2.75, 3.05) is 47.4 Å². The van der Waals surface area contributed by atoms with E-state index in [0.717, 1.165) is 31.0 Å². The Labute approximate surface area is 164 Å². The Bertz CT molecular complexity index is 939. The van der Waals surface area contributed by atoms with E-state index in [1.807, 2.05) is 0 Å². The minimum atomic E-state index is -3.73. The molecule has 0 spiro atoms. The number of carbonyl (C=O) groups excluding carboxylic acids is 1. The first kappa shape index (κ1) is 18.7. The predicted molar refractivity (Wildman–Crippen MR) is 106 cm³/mol. The van der Waals surface area contributed by atoms with E-state index in [0.29, 0.717) is 31.9 Å². The number of ether oxygens (including phenoxy) is 1. The number of amides is 1. The number of nitrogens with one attached hydrogen (secondary N) is 1. The number of carbonyl (C=O) groups is 1. The van der Waals surface area contributed by atoms with Crippen LogP contribution in [0.3, 0.4) is 0 Å². The van der Waals surface area contributed by atoms with Crippen molar-refractivity contribution in [1.29, 1.82) is 0 Å². The first-order valence-corrected chi connectivity index (χ1v) is 10.7. The Balaban J connectivity index is 1.45. The van der Waals surface area contributed by atoms with Gasteiger partial charge in [0.1, 0.15) is 5.82 Å². The minimum Gasteiger partial charge on any atom is -0.378 e. The van der Waals surface area contributed by atoms with Gasteiger partial charge in [0.15, 0.2) is 0 Å². The zero-order valence-electron chi connectivity index (χ0n) is 15.4. The number of nitrogens with zero attached hydrogens (tertiary/aromatic N) is 3. The Hall–Kier alpha value is -2.65. The van der Waals surface area contributed by atoms with Gasteiger partial charge in [0.25, 0.3) is 10.0 Å².